The van der Waals surface area contributed by atoms with Gasteiger partial charge in [0, 0.05) is 6.42 Å². The van der Waals surface area contributed by atoms with E-state index in [2.05, 4.69) is 17.4 Å². The highest BCUT2D eigenvalue weighted by Crippen LogP contribution is 2.26. The van der Waals surface area contributed by atoms with Gasteiger partial charge in [0.25, 0.3) is 0 Å². The summed E-state index contributed by atoms with van der Waals surface area (Å²) in [7, 11) is 0. The molecule has 7 nitrogen and oxygen atoms in total. The summed E-state index contributed by atoms with van der Waals surface area (Å²) in [4.78, 5) is 23.3. The first kappa shape index (κ1) is 20.8. The van der Waals surface area contributed by atoms with Crippen LogP contribution in [-0.2, 0) is 35.4 Å². The van der Waals surface area contributed by atoms with Crippen molar-refractivity contribution in [3.63, 3.8) is 0 Å². The fraction of sp³-hybridized carbons (Fsp3) is 0.455. The molecule has 1 unspecified atom stereocenters. The lowest BCUT2D eigenvalue weighted by Crippen LogP contribution is -2.44. The number of carboxylic acid groups (broad SMARTS) is 1. The molecule has 1 aliphatic carbocycles. The summed E-state index contributed by atoms with van der Waals surface area (Å²) in [6.07, 6.45) is 2.62. The molecule has 1 aliphatic rings. The van der Waals surface area contributed by atoms with Crippen molar-refractivity contribution in [2.45, 2.75) is 64.7 Å². The second kappa shape index (κ2) is 8.59. The number of hydrogen-bond donors (Lipinski definition) is 2. The number of fused-ring (bicyclic) bond motifs is 1. The molecule has 156 valence electrons. The molecule has 0 bridgehead atoms. The summed E-state index contributed by atoms with van der Waals surface area (Å²) in [6.45, 7) is 5.38. The van der Waals surface area contributed by atoms with E-state index in [1.54, 1.807) is 32.9 Å². The number of ether oxygens (including phenoxy) is 2. The van der Waals surface area contributed by atoms with Crippen LogP contribution in [-0.4, -0.2) is 28.8 Å². The van der Waals surface area contributed by atoms with Crippen molar-refractivity contribution in [3.8, 4) is 5.75 Å². The number of nitrogens with one attached hydrogen (secondary N) is 1. The predicted octanol–water partition coefficient (Wildman–Crippen LogP) is 3.87. The quantitative estimate of drug-likeness (QED) is 0.731. The molecule has 1 aromatic heterocycles. The molecule has 3 rings (SSSR count). The van der Waals surface area contributed by atoms with Crippen LogP contribution in [0.4, 0.5) is 4.79 Å². The van der Waals surface area contributed by atoms with Gasteiger partial charge in [0.2, 0.25) is 0 Å². The molecule has 2 N–H and O–H groups in total. The molecular weight excluding hydrogens is 374 g/mol. The normalized spacial score (nSPS) is 14.2. The zero-order valence-electron chi connectivity index (χ0n) is 17.0. The van der Waals surface area contributed by atoms with Crippen molar-refractivity contribution in [1.29, 1.82) is 0 Å². The number of alkyl carbamates (subject to hydrolysis) is 1. The number of aryl methyl sites for hydroxylation is 2. The molecule has 0 saturated carbocycles. The third-order valence-corrected chi connectivity index (χ3v) is 4.56. The Morgan fingerprint density at radius 1 is 1.14 bits per heavy atom. The van der Waals surface area contributed by atoms with E-state index in [9.17, 15) is 14.7 Å². The van der Waals surface area contributed by atoms with Crippen LogP contribution in [0.1, 0.15) is 49.8 Å². The maximum Gasteiger partial charge on any atom is 0.408 e. The minimum Gasteiger partial charge on any atom is -0.486 e. The second-order valence-electron chi connectivity index (χ2n) is 8.18. The summed E-state index contributed by atoms with van der Waals surface area (Å²) in [5.41, 5.74) is 2.01. The van der Waals surface area contributed by atoms with Crippen LogP contribution in [0.3, 0.4) is 0 Å². The Morgan fingerprint density at radius 3 is 2.59 bits per heavy atom. The lowest BCUT2D eigenvalue weighted by Gasteiger charge is -2.21. The summed E-state index contributed by atoms with van der Waals surface area (Å²) in [5, 5.41) is 11.7. The van der Waals surface area contributed by atoms with Crippen molar-refractivity contribution in [2.75, 3.05) is 0 Å². The SMILES string of the molecule is CC(C)(C)OC(=O)NC(Cc1ccc(COc2ccc3c(c2)CCC3)o1)C(=O)O. The molecule has 0 aliphatic heterocycles. The van der Waals surface area contributed by atoms with Crippen molar-refractivity contribution in [3.05, 3.63) is 53.0 Å². The van der Waals surface area contributed by atoms with Crippen molar-refractivity contribution in [2.24, 2.45) is 0 Å². The monoisotopic (exact) mass is 401 g/mol. The third kappa shape index (κ3) is 6.01. The number of carbonyl (C=O) groups is 2. The van der Waals surface area contributed by atoms with E-state index >= 15 is 0 Å². The minimum absolute atomic E-state index is 0.00736. The summed E-state index contributed by atoms with van der Waals surface area (Å²) in [6, 6.07) is 8.41. The molecular formula is C22H27NO6. The number of carboxylic acids is 1. The minimum atomic E-state index is -1.16. The van der Waals surface area contributed by atoms with Crippen LogP contribution >= 0.6 is 0 Å². The molecule has 1 amide bonds. The summed E-state index contributed by atoms with van der Waals surface area (Å²) < 4.78 is 16.6. The van der Waals surface area contributed by atoms with Gasteiger partial charge in [-0.3, -0.25) is 0 Å². The van der Waals surface area contributed by atoms with Crippen LogP contribution in [0, 0.1) is 0 Å². The van der Waals surface area contributed by atoms with E-state index < -0.39 is 23.7 Å². The number of furan rings is 1. The van der Waals surface area contributed by atoms with E-state index in [-0.39, 0.29) is 13.0 Å². The van der Waals surface area contributed by atoms with Gasteiger partial charge in [-0.25, -0.2) is 9.59 Å². The van der Waals surface area contributed by atoms with Gasteiger partial charge < -0.3 is 24.3 Å². The van der Waals surface area contributed by atoms with E-state index in [1.165, 1.54) is 17.5 Å². The largest absolute Gasteiger partial charge is 0.486 e. The van der Waals surface area contributed by atoms with Crippen LogP contribution in [0.15, 0.2) is 34.7 Å². The van der Waals surface area contributed by atoms with E-state index in [4.69, 9.17) is 13.9 Å². The molecule has 0 fully saturated rings. The molecule has 29 heavy (non-hydrogen) atoms. The highest BCUT2D eigenvalue weighted by Gasteiger charge is 2.25. The lowest BCUT2D eigenvalue weighted by atomic mass is 10.1. The zero-order valence-corrected chi connectivity index (χ0v) is 17.0. The second-order valence-corrected chi connectivity index (χ2v) is 8.18. The maximum absolute atomic E-state index is 11.9. The Kier molecular flexibility index (Phi) is 6.15. The predicted molar refractivity (Wildman–Crippen MR) is 106 cm³/mol. The number of benzene rings is 1. The van der Waals surface area contributed by atoms with Gasteiger partial charge in [0.05, 0.1) is 0 Å². The smallest absolute Gasteiger partial charge is 0.408 e. The highest BCUT2D eigenvalue weighted by atomic mass is 16.6. The van der Waals surface area contributed by atoms with E-state index in [0.717, 1.165) is 18.6 Å². The molecule has 0 spiro atoms. The van der Waals surface area contributed by atoms with E-state index in [0.29, 0.717) is 11.5 Å². The lowest BCUT2D eigenvalue weighted by molar-refractivity contribution is -0.139. The average Bonchev–Trinajstić information content (AvgIpc) is 3.26. The number of rotatable bonds is 7. The van der Waals surface area contributed by atoms with Crippen LogP contribution in [0.5, 0.6) is 5.75 Å². The molecule has 7 heteroatoms. The van der Waals surface area contributed by atoms with Crippen molar-refractivity contribution < 1.29 is 28.6 Å². The Morgan fingerprint density at radius 2 is 1.86 bits per heavy atom. The third-order valence-electron chi connectivity index (χ3n) is 4.56. The van der Waals surface area contributed by atoms with Gasteiger partial charge in [-0.1, -0.05) is 6.07 Å². The standard InChI is InChI=1S/C22H27NO6/c1-22(2,3)29-21(26)23-19(20(24)25)12-17-9-10-18(28-17)13-27-16-8-7-14-5-4-6-15(14)11-16/h7-11,19H,4-6,12-13H2,1-3H3,(H,23,26)(H,24,25). The average molecular weight is 401 g/mol. The van der Waals surface area contributed by atoms with Gasteiger partial charge in [0.15, 0.2) is 0 Å². The topological polar surface area (TPSA) is 98.0 Å². The van der Waals surface area contributed by atoms with Gasteiger partial charge in [0.1, 0.15) is 35.5 Å². The Balaban J connectivity index is 1.55. The fourth-order valence-electron chi connectivity index (χ4n) is 3.25. The molecule has 0 saturated heterocycles. The zero-order chi connectivity index (χ0) is 21.0. The molecule has 1 atom stereocenters. The van der Waals surface area contributed by atoms with Gasteiger partial charge in [-0.2, -0.15) is 0 Å². The first-order chi connectivity index (χ1) is 13.7. The van der Waals surface area contributed by atoms with Gasteiger partial charge >= 0.3 is 12.1 Å². The molecule has 0 radical (unpaired) electrons. The molecule has 1 heterocycles. The first-order valence-electron chi connectivity index (χ1n) is 9.74. The van der Waals surface area contributed by atoms with E-state index in [1.807, 2.05) is 6.07 Å². The Bertz CT molecular complexity index is 880. The number of carbonyl (C=O) groups excluding carboxylic acids is 1. The van der Waals surface area contributed by atoms with Crippen molar-refractivity contribution in [1.82, 2.24) is 5.32 Å². The number of aliphatic carboxylic acids is 1. The van der Waals surface area contributed by atoms with Gasteiger partial charge in [-0.15, -0.1) is 0 Å². The maximum atomic E-state index is 11.9. The Hall–Kier alpha value is -2.96. The summed E-state index contributed by atoms with van der Waals surface area (Å²) in [5.74, 6) is 0.657. The molecule has 1 aromatic carbocycles. The Labute approximate surface area is 170 Å². The number of amides is 1. The number of hydrogen-bond acceptors (Lipinski definition) is 5. The molecule has 2 aromatic rings. The van der Waals surface area contributed by atoms with Crippen molar-refractivity contribution >= 4 is 12.1 Å². The summed E-state index contributed by atoms with van der Waals surface area (Å²) >= 11 is 0. The van der Waals surface area contributed by atoms with Crippen LogP contribution in [0.2, 0.25) is 0 Å². The first-order valence-corrected chi connectivity index (χ1v) is 9.74. The highest BCUT2D eigenvalue weighted by molar-refractivity contribution is 5.80. The van der Waals surface area contributed by atoms with Gasteiger partial charge in [-0.05, 0) is 75.4 Å². The fourth-order valence-corrected chi connectivity index (χ4v) is 3.25. The van der Waals surface area contributed by atoms with Crippen LogP contribution in [0.25, 0.3) is 0 Å². The van der Waals surface area contributed by atoms with Crippen LogP contribution < -0.4 is 10.1 Å².